The summed E-state index contributed by atoms with van der Waals surface area (Å²) in [6.07, 6.45) is 4.42. The fraction of sp³-hybridized carbons (Fsp3) is 0.636. The van der Waals surface area contributed by atoms with E-state index in [4.69, 9.17) is 5.73 Å². The van der Waals surface area contributed by atoms with E-state index in [1.54, 1.807) is 6.07 Å². The first kappa shape index (κ1) is 12.6. The molecule has 1 aromatic rings. The molecule has 2 rings (SSSR count). The lowest BCUT2D eigenvalue weighted by molar-refractivity contribution is 0.254. The fourth-order valence-corrected chi connectivity index (χ4v) is 2.57. The molecular weight excluding hydrogens is 284 g/mol. The van der Waals surface area contributed by atoms with Crippen molar-refractivity contribution in [2.24, 2.45) is 0 Å². The van der Waals surface area contributed by atoms with E-state index in [1.165, 1.54) is 6.42 Å². The topological polar surface area (TPSA) is 75.3 Å². The van der Waals surface area contributed by atoms with E-state index in [1.807, 2.05) is 0 Å². The van der Waals surface area contributed by atoms with Crippen LogP contribution in [0.5, 0.6) is 0 Å². The Hall–Kier alpha value is -0.880. The summed E-state index contributed by atoms with van der Waals surface area (Å²) in [6, 6.07) is 1.78. The third kappa shape index (κ3) is 3.07. The van der Waals surface area contributed by atoms with Gasteiger partial charge in [0.15, 0.2) is 0 Å². The number of hydrogen-bond acceptors (Lipinski definition) is 5. The molecule has 0 saturated carbocycles. The summed E-state index contributed by atoms with van der Waals surface area (Å²) in [5.41, 5.74) is 5.72. The summed E-state index contributed by atoms with van der Waals surface area (Å²) < 4.78 is 0.681. The van der Waals surface area contributed by atoms with Crippen LogP contribution < -0.4 is 10.6 Å². The van der Waals surface area contributed by atoms with Gasteiger partial charge in [-0.3, -0.25) is 0 Å². The van der Waals surface area contributed by atoms with Gasteiger partial charge in [0, 0.05) is 12.6 Å². The highest BCUT2D eigenvalue weighted by Gasteiger charge is 2.23. The minimum atomic E-state index is 0.103. The van der Waals surface area contributed by atoms with Crippen molar-refractivity contribution in [3.63, 3.8) is 0 Å². The third-order valence-corrected chi connectivity index (χ3v) is 3.45. The van der Waals surface area contributed by atoms with Crippen molar-refractivity contribution in [1.29, 1.82) is 0 Å². The first-order valence-corrected chi connectivity index (χ1v) is 6.67. The van der Waals surface area contributed by atoms with Crippen LogP contribution in [0.2, 0.25) is 0 Å². The monoisotopic (exact) mass is 300 g/mol. The Labute approximate surface area is 109 Å². The highest BCUT2D eigenvalue weighted by Crippen LogP contribution is 2.23. The average molecular weight is 301 g/mol. The maximum absolute atomic E-state index is 9.45. The van der Waals surface area contributed by atoms with Crippen LogP contribution in [0.4, 0.5) is 11.8 Å². The Balaban J connectivity index is 2.27. The van der Waals surface area contributed by atoms with Crippen molar-refractivity contribution in [1.82, 2.24) is 9.97 Å². The number of hydrogen-bond donors (Lipinski definition) is 2. The molecule has 1 aromatic heterocycles. The quantitative estimate of drug-likeness (QED) is 0.811. The number of halogens is 1. The van der Waals surface area contributed by atoms with Gasteiger partial charge in [-0.05, 0) is 28.8 Å². The number of rotatable bonds is 2. The molecule has 1 aliphatic rings. The predicted octanol–water partition coefficient (Wildman–Crippen LogP) is 1.56. The summed E-state index contributed by atoms with van der Waals surface area (Å²) >= 11 is 3.32. The van der Waals surface area contributed by atoms with Crippen LogP contribution in [-0.2, 0) is 0 Å². The summed E-state index contributed by atoms with van der Waals surface area (Å²) in [5, 5.41) is 9.45. The molecular formula is C11H17BrN4O. The maximum atomic E-state index is 9.45. The van der Waals surface area contributed by atoms with Gasteiger partial charge in [-0.15, -0.1) is 0 Å². The molecule has 6 heteroatoms. The zero-order valence-electron chi connectivity index (χ0n) is 9.64. The molecule has 1 atom stereocenters. The van der Waals surface area contributed by atoms with E-state index in [2.05, 4.69) is 30.8 Å². The van der Waals surface area contributed by atoms with Crippen molar-refractivity contribution in [2.75, 3.05) is 23.8 Å². The van der Waals surface area contributed by atoms with Crippen molar-refractivity contribution >= 4 is 27.7 Å². The Bertz CT molecular complexity index is 367. The lowest BCUT2D eigenvalue weighted by atomic mass is 10.1. The van der Waals surface area contributed by atoms with Crippen LogP contribution in [-0.4, -0.2) is 34.3 Å². The molecule has 3 N–H and O–H groups in total. The first-order chi connectivity index (χ1) is 8.20. The van der Waals surface area contributed by atoms with Crippen molar-refractivity contribution in [3.05, 3.63) is 10.7 Å². The van der Waals surface area contributed by atoms with E-state index in [9.17, 15) is 5.11 Å². The largest absolute Gasteiger partial charge is 0.394 e. The van der Waals surface area contributed by atoms with Gasteiger partial charge in [-0.25, -0.2) is 4.98 Å². The zero-order chi connectivity index (χ0) is 12.3. The van der Waals surface area contributed by atoms with Crippen molar-refractivity contribution in [3.8, 4) is 0 Å². The van der Waals surface area contributed by atoms with Crippen LogP contribution in [0.1, 0.15) is 25.7 Å². The number of nitrogens with zero attached hydrogens (tertiary/aromatic N) is 3. The zero-order valence-corrected chi connectivity index (χ0v) is 11.2. The van der Waals surface area contributed by atoms with E-state index >= 15 is 0 Å². The second kappa shape index (κ2) is 5.64. The van der Waals surface area contributed by atoms with Gasteiger partial charge >= 0.3 is 0 Å². The van der Waals surface area contributed by atoms with Crippen molar-refractivity contribution < 1.29 is 5.11 Å². The van der Waals surface area contributed by atoms with E-state index < -0.39 is 0 Å². The number of aromatic nitrogens is 2. The van der Waals surface area contributed by atoms with Crippen LogP contribution >= 0.6 is 15.9 Å². The number of anilines is 2. The highest BCUT2D eigenvalue weighted by atomic mass is 79.9. The summed E-state index contributed by atoms with van der Waals surface area (Å²) in [7, 11) is 0. The Morgan fingerprint density at radius 1 is 1.41 bits per heavy atom. The highest BCUT2D eigenvalue weighted by molar-refractivity contribution is 9.10. The minimum absolute atomic E-state index is 0.103. The molecule has 0 spiro atoms. The number of nitrogen functional groups attached to an aromatic ring is 1. The second-order valence-corrected chi connectivity index (χ2v) is 5.11. The van der Waals surface area contributed by atoms with Gasteiger partial charge in [0.2, 0.25) is 5.95 Å². The van der Waals surface area contributed by atoms with Crippen LogP contribution in [0, 0.1) is 0 Å². The van der Waals surface area contributed by atoms with Gasteiger partial charge in [0.05, 0.1) is 12.6 Å². The lowest BCUT2D eigenvalue weighted by Gasteiger charge is -2.28. The molecule has 1 fully saturated rings. The molecule has 2 heterocycles. The molecule has 0 amide bonds. The molecule has 1 unspecified atom stereocenters. The van der Waals surface area contributed by atoms with Crippen LogP contribution in [0.3, 0.4) is 0 Å². The van der Waals surface area contributed by atoms with Gasteiger partial charge in [-0.2, -0.15) is 4.98 Å². The van der Waals surface area contributed by atoms with Crippen molar-refractivity contribution in [2.45, 2.75) is 31.7 Å². The molecule has 0 bridgehead atoms. The van der Waals surface area contributed by atoms with Crippen LogP contribution in [0.15, 0.2) is 10.7 Å². The standard InChI is InChI=1S/C11H17BrN4O/c12-9-6-10(13)15-11(14-9)16-5-3-1-2-4-8(16)7-17/h6,8,17H,1-5,7H2,(H2,13,14,15). The lowest BCUT2D eigenvalue weighted by Crippen LogP contribution is -2.38. The minimum Gasteiger partial charge on any atom is -0.394 e. The Kier molecular flexibility index (Phi) is 4.17. The predicted molar refractivity (Wildman–Crippen MR) is 70.8 cm³/mol. The molecule has 0 aliphatic carbocycles. The SMILES string of the molecule is Nc1cc(Br)nc(N2CCCCCC2CO)n1. The second-order valence-electron chi connectivity index (χ2n) is 4.29. The summed E-state index contributed by atoms with van der Waals surface area (Å²) in [5.74, 6) is 1.06. The van der Waals surface area contributed by atoms with Gasteiger partial charge in [0.25, 0.3) is 0 Å². The molecule has 0 radical (unpaired) electrons. The summed E-state index contributed by atoms with van der Waals surface area (Å²) in [6.45, 7) is 1.01. The maximum Gasteiger partial charge on any atom is 0.228 e. The van der Waals surface area contributed by atoms with E-state index in [0.29, 0.717) is 16.4 Å². The molecule has 0 aromatic carbocycles. The van der Waals surface area contributed by atoms with E-state index in [0.717, 1.165) is 25.8 Å². The van der Waals surface area contributed by atoms with Gasteiger partial charge in [-0.1, -0.05) is 12.8 Å². The number of aliphatic hydroxyl groups is 1. The van der Waals surface area contributed by atoms with Gasteiger partial charge in [0.1, 0.15) is 10.4 Å². The normalized spacial score (nSPS) is 21.3. The Morgan fingerprint density at radius 3 is 2.94 bits per heavy atom. The van der Waals surface area contributed by atoms with Gasteiger partial charge < -0.3 is 15.7 Å². The summed E-state index contributed by atoms with van der Waals surface area (Å²) in [4.78, 5) is 10.7. The number of aliphatic hydroxyl groups excluding tert-OH is 1. The average Bonchev–Trinajstić information content (AvgIpc) is 2.52. The molecule has 1 aliphatic heterocycles. The van der Waals surface area contributed by atoms with Crippen LogP contribution in [0.25, 0.3) is 0 Å². The van der Waals surface area contributed by atoms with E-state index in [-0.39, 0.29) is 12.6 Å². The Morgan fingerprint density at radius 2 is 2.24 bits per heavy atom. The number of nitrogens with two attached hydrogens (primary N) is 1. The first-order valence-electron chi connectivity index (χ1n) is 5.88. The molecule has 5 nitrogen and oxygen atoms in total. The fourth-order valence-electron chi connectivity index (χ4n) is 2.18. The third-order valence-electron chi connectivity index (χ3n) is 3.05. The molecule has 17 heavy (non-hydrogen) atoms. The molecule has 1 saturated heterocycles. The molecule has 94 valence electrons. The smallest absolute Gasteiger partial charge is 0.228 e.